The van der Waals surface area contributed by atoms with E-state index < -0.39 is 6.10 Å². The third-order valence-corrected chi connectivity index (χ3v) is 4.62. The third kappa shape index (κ3) is 3.76. The molecule has 23 heavy (non-hydrogen) atoms. The molecule has 0 saturated carbocycles. The number of esters is 1. The van der Waals surface area contributed by atoms with Gasteiger partial charge in [-0.3, -0.25) is 4.79 Å². The predicted molar refractivity (Wildman–Crippen MR) is 83.3 cm³/mol. The minimum absolute atomic E-state index is 0.0232. The molecule has 0 amide bonds. The van der Waals surface area contributed by atoms with Crippen LogP contribution < -0.4 is 9.47 Å². The number of benzene rings is 1. The van der Waals surface area contributed by atoms with Gasteiger partial charge < -0.3 is 24.2 Å². The SMILES string of the molecule is COC(=O)C1CCN(CCC(O)c2ccc3c(c2)OCO3)CC1. The molecule has 126 valence electrons. The van der Waals surface area contributed by atoms with E-state index in [4.69, 9.17) is 14.2 Å². The number of aliphatic hydroxyl groups excluding tert-OH is 1. The zero-order valence-corrected chi connectivity index (χ0v) is 13.4. The molecule has 2 aliphatic rings. The van der Waals surface area contributed by atoms with Gasteiger partial charge in [-0.2, -0.15) is 0 Å². The Morgan fingerprint density at radius 3 is 2.83 bits per heavy atom. The summed E-state index contributed by atoms with van der Waals surface area (Å²) in [6.45, 7) is 2.79. The Morgan fingerprint density at radius 2 is 2.09 bits per heavy atom. The average molecular weight is 321 g/mol. The summed E-state index contributed by atoms with van der Waals surface area (Å²) in [6, 6.07) is 5.56. The van der Waals surface area contributed by atoms with E-state index in [1.54, 1.807) is 0 Å². The first kappa shape index (κ1) is 16.1. The van der Waals surface area contributed by atoms with Crippen LogP contribution in [0.2, 0.25) is 0 Å². The minimum atomic E-state index is -0.525. The van der Waals surface area contributed by atoms with Crippen LogP contribution in [-0.2, 0) is 9.53 Å². The van der Waals surface area contributed by atoms with Crippen LogP contribution in [0, 0.1) is 5.92 Å². The molecule has 2 heterocycles. The van der Waals surface area contributed by atoms with E-state index in [2.05, 4.69) is 4.90 Å². The smallest absolute Gasteiger partial charge is 0.308 e. The maximum absolute atomic E-state index is 11.5. The highest BCUT2D eigenvalue weighted by molar-refractivity contribution is 5.72. The second-order valence-corrected chi connectivity index (χ2v) is 6.06. The second-order valence-electron chi connectivity index (χ2n) is 6.06. The molecule has 1 unspecified atom stereocenters. The van der Waals surface area contributed by atoms with E-state index in [1.807, 2.05) is 18.2 Å². The second kappa shape index (κ2) is 7.19. The molecular formula is C17H23NO5. The Balaban J connectivity index is 1.46. The van der Waals surface area contributed by atoms with Gasteiger partial charge in [0.2, 0.25) is 6.79 Å². The standard InChI is InChI=1S/C17H23NO5/c1-21-17(20)12-4-7-18(8-5-12)9-6-14(19)13-2-3-15-16(10-13)23-11-22-15/h2-3,10,12,14,19H,4-9,11H2,1H3. The normalized spacial score (nSPS) is 19.6. The van der Waals surface area contributed by atoms with Crippen LogP contribution in [0.25, 0.3) is 0 Å². The number of carbonyl (C=O) groups excluding carboxylic acids is 1. The highest BCUT2D eigenvalue weighted by Crippen LogP contribution is 2.34. The van der Waals surface area contributed by atoms with E-state index in [0.29, 0.717) is 12.2 Å². The van der Waals surface area contributed by atoms with Gasteiger partial charge in [0.1, 0.15) is 0 Å². The first-order valence-corrected chi connectivity index (χ1v) is 8.05. The van der Waals surface area contributed by atoms with Crippen molar-refractivity contribution in [1.29, 1.82) is 0 Å². The molecule has 0 radical (unpaired) electrons. The van der Waals surface area contributed by atoms with Crippen molar-refractivity contribution in [3.05, 3.63) is 23.8 Å². The Morgan fingerprint density at radius 1 is 1.35 bits per heavy atom. The van der Waals surface area contributed by atoms with Crippen molar-refractivity contribution in [2.24, 2.45) is 5.92 Å². The summed E-state index contributed by atoms with van der Waals surface area (Å²) in [4.78, 5) is 13.8. The van der Waals surface area contributed by atoms with Crippen molar-refractivity contribution in [2.75, 3.05) is 33.5 Å². The van der Waals surface area contributed by atoms with Gasteiger partial charge in [-0.1, -0.05) is 6.07 Å². The van der Waals surface area contributed by atoms with Gasteiger partial charge in [0.15, 0.2) is 11.5 Å². The van der Waals surface area contributed by atoms with Crippen LogP contribution >= 0.6 is 0 Å². The van der Waals surface area contributed by atoms with Crippen molar-refractivity contribution < 1.29 is 24.1 Å². The van der Waals surface area contributed by atoms with E-state index in [0.717, 1.165) is 43.8 Å². The summed E-state index contributed by atoms with van der Waals surface area (Å²) in [5.41, 5.74) is 0.846. The third-order valence-electron chi connectivity index (χ3n) is 4.62. The Kier molecular flexibility index (Phi) is 5.03. The van der Waals surface area contributed by atoms with Crippen LogP contribution in [0.5, 0.6) is 11.5 Å². The number of carbonyl (C=O) groups is 1. The maximum atomic E-state index is 11.5. The molecule has 1 aromatic rings. The molecule has 0 bridgehead atoms. The van der Waals surface area contributed by atoms with Crippen LogP contribution in [0.3, 0.4) is 0 Å². The average Bonchev–Trinajstić information content (AvgIpc) is 3.07. The molecule has 1 N–H and O–H groups in total. The highest BCUT2D eigenvalue weighted by atomic mass is 16.7. The van der Waals surface area contributed by atoms with Crippen LogP contribution in [0.1, 0.15) is 30.9 Å². The number of aliphatic hydroxyl groups is 1. The van der Waals surface area contributed by atoms with Crippen LogP contribution in [-0.4, -0.2) is 49.5 Å². The maximum Gasteiger partial charge on any atom is 0.308 e. The number of hydrogen-bond donors (Lipinski definition) is 1. The number of methoxy groups -OCH3 is 1. The quantitative estimate of drug-likeness (QED) is 0.833. The number of rotatable bonds is 5. The Hall–Kier alpha value is -1.79. The number of fused-ring (bicyclic) bond motifs is 1. The number of piperidine rings is 1. The van der Waals surface area contributed by atoms with Crippen LogP contribution in [0.4, 0.5) is 0 Å². The fourth-order valence-corrected chi connectivity index (χ4v) is 3.15. The number of ether oxygens (including phenoxy) is 3. The lowest BCUT2D eigenvalue weighted by Gasteiger charge is -2.31. The van der Waals surface area contributed by atoms with Crippen molar-refractivity contribution in [2.45, 2.75) is 25.4 Å². The molecule has 3 rings (SSSR count). The molecule has 1 saturated heterocycles. The molecule has 6 nitrogen and oxygen atoms in total. The summed E-state index contributed by atoms with van der Waals surface area (Å²) < 4.78 is 15.4. The fourth-order valence-electron chi connectivity index (χ4n) is 3.15. The number of nitrogens with zero attached hydrogens (tertiary/aromatic N) is 1. The number of hydrogen-bond acceptors (Lipinski definition) is 6. The summed E-state index contributed by atoms with van der Waals surface area (Å²) in [7, 11) is 1.44. The van der Waals surface area contributed by atoms with Gasteiger partial charge in [-0.15, -0.1) is 0 Å². The lowest BCUT2D eigenvalue weighted by molar-refractivity contribution is -0.147. The van der Waals surface area contributed by atoms with Gasteiger partial charge in [0.25, 0.3) is 0 Å². The molecule has 1 fully saturated rings. The van der Waals surface area contributed by atoms with E-state index in [9.17, 15) is 9.90 Å². The summed E-state index contributed by atoms with van der Waals surface area (Å²) in [5.74, 6) is 1.34. The topological polar surface area (TPSA) is 68.2 Å². The van der Waals surface area contributed by atoms with E-state index in [-0.39, 0.29) is 18.7 Å². The van der Waals surface area contributed by atoms with Gasteiger partial charge in [-0.25, -0.2) is 0 Å². The zero-order valence-electron chi connectivity index (χ0n) is 13.4. The molecule has 1 atom stereocenters. The van der Waals surface area contributed by atoms with E-state index in [1.165, 1.54) is 7.11 Å². The summed E-state index contributed by atoms with van der Waals surface area (Å²) in [5, 5.41) is 10.4. The van der Waals surface area contributed by atoms with E-state index >= 15 is 0 Å². The van der Waals surface area contributed by atoms with Crippen molar-refractivity contribution in [1.82, 2.24) is 4.90 Å². The fraction of sp³-hybridized carbons (Fsp3) is 0.588. The first-order chi connectivity index (χ1) is 11.2. The lowest BCUT2D eigenvalue weighted by Crippen LogP contribution is -2.37. The molecule has 0 aromatic heterocycles. The Labute approximate surface area is 135 Å². The minimum Gasteiger partial charge on any atom is -0.469 e. The van der Waals surface area contributed by atoms with Crippen molar-refractivity contribution in [3.8, 4) is 11.5 Å². The molecule has 0 aliphatic carbocycles. The van der Waals surface area contributed by atoms with Gasteiger partial charge in [-0.05, 0) is 50.0 Å². The molecular weight excluding hydrogens is 298 g/mol. The predicted octanol–water partition coefficient (Wildman–Crippen LogP) is 1.72. The van der Waals surface area contributed by atoms with Gasteiger partial charge >= 0.3 is 5.97 Å². The van der Waals surface area contributed by atoms with Gasteiger partial charge in [0, 0.05) is 6.54 Å². The highest BCUT2D eigenvalue weighted by Gasteiger charge is 2.26. The molecule has 6 heteroatoms. The zero-order chi connectivity index (χ0) is 16.2. The monoisotopic (exact) mass is 321 g/mol. The largest absolute Gasteiger partial charge is 0.469 e. The number of likely N-dealkylation sites (tertiary alicyclic amines) is 1. The first-order valence-electron chi connectivity index (χ1n) is 8.05. The van der Waals surface area contributed by atoms with Crippen molar-refractivity contribution in [3.63, 3.8) is 0 Å². The van der Waals surface area contributed by atoms with Gasteiger partial charge in [0.05, 0.1) is 19.1 Å². The summed E-state index contributed by atoms with van der Waals surface area (Å²) in [6.07, 6.45) is 1.78. The summed E-state index contributed by atoms with van der Waals surface area (Å²) >= 11 is 0. The van der Waals surface area contributed by atoms with Crippen LogP contribution in [0.15, 0.2) is 18.2 Å². The molecule has 1 aromatic carbocycles. The molecule has 2 aliphatic heterocycles. The van der Waals surface area contributed by atoms with Crippen molar-refractivity contribution >= 4 is 5.97 Å². The Bertz CT molecular complexity index is 554. The molecule has 0 spiro atoms. The lowest BCUT2D eigenvalue weighted by atomic mass is 9.96.